The lowest BCUT2D eigenvalue weighted by Gasteiger charge is -2.43. The molecule has 2 atom stereocenters. The van der Waals surface area contributed by atoms with Gasteiger partial charge in [-0.15, -0.1) is 0 Å². The zero-order chi connectivity index (χ0) is 27.8. The number of benzene rings is 1. The Hall–Kier alpha value is -3.83. The van der Waals surface area contributed by atoms with Crippen LogP contribution in [-0.4, -0.2) is 70.6 Å². The van der Waals surface area contributed by atoms with Crippen LogP contribution in [0.2, 0.25) is 0 Å². The number of esters is 1. The summed E-state index contributed by atoms with van der Waals surface area (Å²) in [5.74, 6) is -3.17. The summed E-state index contributed by atoms with van der Waals surface area (Å²) in [5, 5.41) is 14.5. The van der Waals surface area contributed by atoms with Crippen molar-refractivity contribution in [2.75, 3.05) is 13.7 Å². The zero-order valence-electron chi connectivity index (χ0n) is 21.7. The van der Waals surface area contributed by atoms with Gasteiger partial charge < -0.3 is 35.8 Å². The molecule has 0 spiro atoms. The molecule has 0 aromatic heterocycles. The molecule has 0 heterocycles. The number of phenolic OH excluding ortho intramolecular Hbond substituents is 1. The maximum atomic E-state index is 13.8. The maximum Gasteiger partial charge on any atom is 0.408 e. The minimum Gasteiger partial charge on any atom is -0.508 e. The van der Waals surface area contributed by atoms with Gasteiger partial charge in [-0.1, -0.05) is 12.1 Å². The molecule has 0 aliphatic rings. The molecule has 0 saturated carbocycles. The van der Waals surface area contributed by atoms with Crippen LogP contribution in [0.3, 0.4) is 0 Å². The minimum atomic E-state index is -1.45. The fourth-order valence-corrected chi connectivity index (χ4v) is 3.27. The minimum absolute atomic E-state index is 0.0701. The number of carbonyl (C=O) groups excluding carboxylic acids is 5. The van der Waals surface area contributed by atoms with Crippen molar-refractivity contribution in [2.24, 2.45) is 5.73 Å². The van der Waals surface area contributed by atoms with Gasteiger partial charge in [-0.2, -0.15) is 0 Å². The van der Waals surface area contributed by atoms with Gasteiger partial charge in [0.1, 0.15) is 30.0 Å². The fourth-order valence-electron chi connectivity index (χ4n) is 3.27. The number of nitrogens with two attached hydrogens (primary N) is 1. The highest BCUT2D eigenvalue weighted by molar-refractivity contribution is 5.95. The highest BCUT2D eigenvalue weighted by Crippen LogP contribution is 2.31. The van der Waals surface area contributed by atoms with Crippen molar-refractivity contribution in [3.05, 3.63) is 29.8 Å². The Kier molecular flexibility index (Phi) is 10.3. The maximum absolute atomic E-state index is 13.8. The first kappa shape index (κ1) is 30.2. The molecule has 4 amide bonds. The smallest absolute Gasteiger partial charge is 0.408 e. The molecule has 0 radical (unpaired) electrons. The van der Waals surface area contributed by atoms with Crippen molar-refractivity contribution in [1.82, 2.24) is 15.5 Å². The van der Waals surface area contributed by atoms with E-state index in [1.807, 2.05) is 0 Å². The molecule has 1 aromatic rings. The van der Waals surface area contributed by atoms with Crippen molar-refractivity contribution in [3.63, 3.8) is 0 Å². The highest BCUT2D eigenvalue weighted by atomic mass is 16.6. The molecule has 1 rings (SSSR count). The second-order valence-electron chi connectivity index (χ2n) is 10.0. The lowest BCUT2D eigenvalue weighted by atomic mass is 9.94. The average Bonchev–Trinajstić information content (AvgIpc) is 2.72. The van der Waals surface area contributed by atoms with Crippen LogP contribution in [0.1, 0.15) is 59.6 Å². The molecule has 5 N–H and O–H groups in total. The van der Waals surface area contributed by atoms with Gasteiger partial charge in [-0.25, -0.2) is 4.79 Å². The van der Waals surface area contributed by atoms with E-state index in [-0.39, 0.29) is 5.75 Å². The van der Waals surface area contributed by atoms with E-state index in [2.05, 4.69) is 15.4 Å². The van der Waals surface area contributed by atoms with Gasteiger partial charge in [-0.3, -0.25) is 19.2 Å². The summed E-state index contributed by atoms with van der Waals surface area (Å²) in [6.07, 6.45) is -1.51. The van der Waals surface area contributed by atoms with Crippen molar-refractivity contribution in [3.8, 4) is 5.75 Å². The van der Waals surface area contributed by atoms with E-state index in [0.717, 1.165) is 7.11 Å². The zero-order valence-corrected chi connectivity index (χ0v) is 21.7. The van der Waals surface area contributed by atoms with Crippen molar-refractivity contribution >= 4 is 29.8 Å². The number of ether oxygens (including phenoxy) is 2. The third-order valence-corrected chi connectivity index (χ3v) is 4.70. The van der Waals surface area contributed by atoms with Crippen LogP contribution in [0.5, 0.6) is 5.75 Å². The van der Waals surface area contributed by atoms with Gasteiger partial charge in [0.05, 0.1) is 13.5 Å². The molecule has 12 heteroatoms. The van der Waals surface area contributed by atoms with Gasteiger partial charge in [0.15, 0.2) is 0 Å². The third kappa shape index (κ3) is 9.43. The molecule has 36 heavy (non-hydrogen) atoms. The SMILES string of the molecule is COC(=O)CNC(=O)C(c1ccc(O)cc1)N(C(=O)C(CC(N)=O)NC(=O)OC(C)(C)C)C(C)(C)C. The van der Waals surface area contributed by atoms with E-state index < -0.39 is 66.0 Å². The second-order valence-corrected chi connectivity index (χ2v) is 10.0. The first-order valence-corrected chi connectivity index (χ1v) is 11.2. The van der Waals surface area contributed by atoms with Crippen LogP contribution in [-0.2, 0) is 28.7 Å². The summed E-state index contributed by atoms with van der Waals surface area (Å²) in [4.78, 5) is 64.2. The molecule has 0 aliphatic carbocycles. The Morgan fingerprint density at radius 3 is 2.03 bits per heavy atom. The monoisotopic (exact) mass is 508 g/mol. The second kappa shape index (κ2) is 12.2. The van der Waals surface area contributed by atoms with Gasteiger partial charge in [0.25, 0.3) is 0 Å². The number of alkyl carbamates (subject to hydrolysis) is 1. The third-order valence-electron chi connectivity index (χ3n) is 4.70. The lowest BCUT2D eigenvalue weighted by Crippen LogP contribution is -2.59. The highest BCUT2D eigenvalue weighted by Gasteiger charge is 2.42. The van der Waals surface area contributed by atoms with Crippen LogP contribution in [0.4, 0.5) is 4.79 Å². The molecule has 12 nitrogen and oxygen atoms in total. The number of hydrogen-bond donors (Lipinski definition) is 4. The number of aromatic hydroxyl groups is 1. The van der Waals surface area contributed by atoms with Crippen molar-refractivity contribution in [2.45, 2.75) is 71.2 Å². The van der Waals surface area contributed by atoms with Crippen LogP contribution in [0.15, 0.2) is 24.3 Å². The number of nitrogens with zero attached hydrogens (tertiary/aromatic N) is 1. The van der Waals surface area contributed by atoms with Crippen LogP contribution in [0.25, 0.3) is 0 Å². The Balaban J connectivity index is 3.54. The molecule has 2 unspecified atom stereocenters. The molecule has 0 bridgehead atoms. The summed E-state index contributed by atoms with van der Waals surface area (Å²) < 4.78 is 9.78. The Morgan fingerprint density at radius 2 is 1.58 bits per heavy atom. The molecule has 0 saturated heterocycles. The molecular weight excluding hydrogens is 472 g/mol. The van der Waals surface area contributed by atoms with Crippen LogP contribution < -0.4 is 16.4 Å². The van der Waals surface area contributed by atoms with E-state index in [0.29, 0.717) is 5.56 Å². The number of nitrogens with one attached hydrogen (secondary N) is 2. The quantitative estimate of drug-likeness (QED) is 0.358. The average molecular weight is 509 g/mol. The normalized spacial score (nSPS) is 13.1. The lowest BCUT2D eigenvalue weighted by molar-refractivity contribution is -0.150. The summed E-state index contributed by atoms with van der Waals surface area (Å²) in [7, 11) is 1.16. The van der Waals surface area contributed by atoms with E-state index in [9.17, 15) is 29.1 Å². The summed E-state index contributed by atoms with van der Waals surface area (Å²) in [6.45, 7) is 9.39. The molecule has 1 aromatic carbocycles. The summed E-state index contributed by atoms with van der Waals surface area (Å²) in [5.41, 5.74) is 3.73. The summed E-state index contributed by atoms with van der Waals surface area (Å²) >= 11 is 0. The predicted molar refractivity (Wildman–Crippen MR) is 129 cm³/mol. The molecule has 200 valence electrons. The number of primary amides is 1. The fraction of sp³-hybridized carbons (Fsp3) is 0.542. The number of carbonyl (C=O) groups is 5. The van der Waals surface area contributed by atoms with Crippen LogP contribution >= 0.6 is 0 Å². The number of rotatable bonds is 9. The standard InChI is InChI=1S/C24H36N4O8/c1-23(2,3)28(21(33)16(12-17(25)30)27-22(34)36-24(4,5)6)19(14-8-10-15(29)11-9-14)20(32)26-13-18(31)35-7/h8-11,16,19,29H,12-13H2,1-7H3,(H2,25,30)(H,26,32)(H,27,34). The van der Waals surface area contributed by atoms with Gasteiger partial charge in [-0.05, 0) is 59.2 Å². The number of methoxy groups -OCH3 is 1. The van der Waals surface area contributed by atoms with Gasteiger partial charge in [0, 0.05) is 5.54 Å². The largest absolute Gasteiger partial charge is 0.508 e. The first-order chi connectivity index (χ1) is 16.5. The topological polar surface area (TPSA) is 177 Å². The molecule has 0 aliphatic heterocycles. The van der Waals surface area contributed by atoms with E-state index in [1.54, 1.807) is 41.5 Å². The van der Waals surface area contributed by atoms with Crippen LogP contribution in [0, 0.1) is 0 Å². The number of amides is 4. The Morgan fingerprint density at radius 1 is 1.03 bits per heavy atom. The molecule has 0 fully saturated rings. The van der Waals surface area contributed by atoms with E-state index >= 15 is 0 Å². The Labute approximate surface area is 210 Å². The van der Waals surface area contributed by atoms with E-state index in [4.69, 9.17) is 10.5 Å². The summed E-state index contributed by atoms with van der Waals surface area (Å²) in [6, 6.07) is 2.77. The van der Waals surface area contributed by atoms with Crippen molar-refractivity contribution < 1.29 is 38.6 Å². The predicted octanol–water partition coefficient (Wildman–Crippen LogP) is 1.12. The van der Waals surface area contributed by atoms with Gasteiger partial charge in [0.2, 0.25) is 17.7 Å². The number of hydrogen-bond acceptors (Lipinski definition) is 8. The van der Waals surface area contributed by atoms with E-state index in [1.165, 1.54) is 29.2 Å². The van der Waals surface area contributed by atoms with Crippen molar-refractivity contribution in [1.29, 1.82) is 0 Å². The van der Waals surface area contributed by atoms with Gasteiger partial charge >= 0.3 is 12.1 Å². The molecular formula is C24H36N4O8. The first-order valence-electron chi connectivity index (χ1n) is 11.2. The number of phenols is 1. The Bertz CT molecular complexity index is 964.